The van der Waals surface area contributed by atoms with Gasteiger partial charge in [0.1, 0.15) is 12.4 Å². The van der Waals surface area contributed by atoms with Gasteiger partial charge in [0.25, 0.3) is 0 Å². The number of benzene rings is 1. The Labute approximate surface area is 131 Å². The maximum Gasteiger partial charge on any atom is 0.412 e. The lowest BCUT2D eigenvalue weighted by molar-refractivity contribution is -0.122. The van der Waals surface area contributed by atoms with Crippen molar-refractivity contribution in [1.29, 1.82) is 0 Å². The quantitative estimate of drug-likeness (QED) is 0.825. The number of carbonyl (C=O) groups excluding carboxylic acids is 2. The van der Waals surface area contributed by atoms with Gasteiger partial charge in [-0.2, -0.15) is 9.90 Å². The number of carbonyl (C=O) groups is 2. The van der Waals surface area contributed by atoms with E-state index in [-0.39, 0.29) is 24.1 Å². The van der Waals surface area contributed by atoms with E-state index in [9.17, 15) is 14.0 Å². The Morgan fingerprint density at radius 1 is 1.30 bits per heavy atom. The molecule has 2 aromatic rings. The lowest BCUT2D eigenvalue weighted by atomic mass is 10.1. The highest BCUT2D eigenvalue weighted by atomic mass is 19.1. The van der Waals surface area contributed by atoms with E-state index in [0.29, 0.717) is 13.0 Å². The van der Waals surface area contributed by atoms with Crippen molar-refractivity contribution in [3.8, 4) is 0 Å². The number of anilines is 1. The van der Waals surface area contributed by atoms with E-state index in [2.05, 4.69) is 25.6 Å². The molecule has 0 aliphatic heterocycles. The van der Waals surface area contributed by atoms with Gasteiger partial charge in [0.15, 0.2) is 5.82 Å². The van der Waals surface area contributed by atoms with Crippen molar-refractivity contribution in [1.82, 2.24) is 20.3 Å². The van der Waals surface area contributed by atoms with Crippen LogP contribution in [0.4, 0.5) is 15.0 Å². The van der Waals surface area contributed by atoms with Gasteiger partial charge in [-0.15, -0.1) is 5.10 Å². The molecule has 0 aliphatic carbocycles. The van der Waals surface area contributed by atoms with Crippen LogP contribution in [-0.2, 0) is 22.5 Å². The van der Waals surface area contributed by atoms with E-state index < -0.39 is 6.09 Å². The van der Waals surface area contributed by atoms with E-state index in [1.54, 1.807) is 12.1 Å². The summed E-state index contributed by atoms with van der Waals surface area (Å²) in [4.78, 5) is 23.9. The first-order chi connectivity index (χ1) is 11.1. The SMILES string of the molecule is COC(=O)Nc1cnn(CC(=O)NCCc2ccc(F)cc2)n1. The molecular weight excluding hydrogens is 305 g/mol. The molecule has 122 valence electrons. The van der Waals surface area contributed by atoms with Crippen molar-refractivity contribution in [2.24, 2.45) is 0 Å². The van der Waals surface area contributed by atoms with Gasteiger partial charge in [0, 0.05) is 6.54 Å². The van der Waals surface area contributed by atoms with Crippen LogP contribution in [0.3, 0.4) is 0 Å². The average Bonchev–Trinajstić information content (AvgIpc) is 2.96. The van der Waals surface area contributed by atoms with Crippen LogP contribution in [-0.4, -0.2) is 40.6 Å². The second kappa shape index (κ2) is 7.87. The molecule has 23 heavy (non-hydrogen) atoms. The third kappa shape index (κ3) is 5.38. The van der Waals surface area contributed by atoms with Gasteiger partial charge in [-0.25, -0.2) is 9.18 Å². The lowest BCUT2D eigenvalue weighted by Gasteiger charge is -2.05. The zero-order valence-corrected chi connectivity index (χ0v) is 12.5. The van der Waals surface area contributed by atoms with Gasteiger partial charge in [-0.05, 0) is 24.1 Å². The highest BCUT2D eigenvalue weighted by Crippen LogP contribution is 2.03. The first kappa shape index (κ1) is 16.4. The second-order valence-electron chi connectivity index (χ2n) is 4.60. The molecule has 2 N–H and O–H groups in total. The highest BCUT2D eigenvalue weighted by molar-refractivity contribution is 5.82. The fraction of sp³-hybridized carbons (Fsp3) is 0.286. The molecule has 0 radical (unpaired) electrons. The van der Waals surface area contributed by atoms with Gasteiger partial charge < -0.3 is 10.1 Å². The molecule has 0 atom stereocenters. The van der Waals surface area contributed by atoms with Crippen molar-refractivity contribution in [2.75, 3.05) is 19.0 Å². The number of methoxy groups -OCH3 is 1. The molecule has 0 fully saturated rings. The summed E-state index contributed by atoms with van der Waals surface area (Å²) >= 11 is 0. The van der Waals surface area contributed by atoms with Gasteiger partial charge in [0.2, 0.25) is 5.91 Å². The van der Waals surface area contributed by atoms with Crippen LogP contribution in [0.1, 0.15) is 5.56 Å². The van der Waals surface area contributed by atoms with Crippen LogP contribution in [0.2, 0.25) is 0 Å². The number of hydrogen-bond acceptors (Lipinski definition) is 5. The van der Waals surface area contributed by atoms with Crippen molar-refractivity contribution < 1.29 is 18.7 Å². The average molecular weight is 321 g/mol. The Balaban J connectivity index is 1.74. The smallest absolute Gasteiger partial charge is 0.412 e. The second-order valence-corrected chi connectivity index (χ2v) is 4.60. The van der Waals surface area contributed by atoms with Crippen LogP contribution < -0.4 is 10.6 Å². The predicted octanol–water partition coefficient (Wildman–Crippen LogP) is 0.954. The first-order valence-corrected chi connectivity index (χ1v) is 6.83. The molecule has 0 saturated carbocycles. The normalized spacial score (nSPS) is 10.2. The van der Waals surface area contributed by atoms with E-state index in [1.807, 2.05) is 0 Å². The Hall–Kier alpha value is -2.97. The number of nitrogens with one attached hydrogen (secondary N) is 2. The Morgan fingerprint density at radius 3 is 2.74 bits per heavy atom. The number of aromatic nitrogens is 3. The fourth-order valence-corrected chi connectivity index (χ4v) is 1.77. The van der Waals surface area contributed by atoms with Crippen molar-refractivity contribution >= 4 is 17.8 Å². The monoisotopic (exact) mass is 321 g/mol. The largest absolute Gasteiger partial charge is 0.453 e. The summed E-state index contributed by atoms with van der Waals surface area (Å²) in [6.07, 6.45) is 1.23. The van der Waals surface area contributed by atoms with Gasteiger partial charge >= 0.3 is 6.09 Å². The van der Waals surface area contributed by atoms with Crippen LogP contribution >= 0.6 is 0 Å². The third-order valence-electron chi connectivity index (χ3n) is 2.89. The molecule has 1 aromatic carbocycles. The topological polar surface area (TPSA) is 98.1 Å². The molecule has 2 amide bonds. The van der Waals surface area contributed by atoms with Crippen molar-refractivity contribution in [2.45, 2.75) is 13.0 Å². The maximum absolute atomic E-state index is 12.8. The zero-order valence-electron chi connectivity index (χ0n) is 12.5. The van der Waals surface area contributed by atoms with Crippen molar-refractivity contribution in [3.63, 3.8) is 0 Å². The van der Waals surface area contributed by atoms with E-state index in [4.69, 9.17) is 0 Å². The highest BCUT2D eigenvalue weighted by Gasteiger charge is 2.08. The molecule has 0 spiro atoms. The molecule has 0 bridgehead atoms. The minimum atomic E-state index is -0.666. The molecule has 8 nitrogen and oxygen atoms in total. The predicted molar refractivity (Wildman–Crippen MR) is 79.2 cm³/mol. The van der Waals surface area contributed by atoms with E-state index in [0.717, 1.165) is 10.4 Å². The van der Waals surface area contributed by atoms with Crippen molar-refractivity contribution in [3.05, 3.63) is 41.8 Å². The summed E-state index contributed by atoms with van der Waals surface area (Å²) in [7, 11) is 1.23. The van der Waals surface area contributed by atoms with Crippen LogP contribution in [0, 0.1) is 5.82 Å². The number of amides is 2. The molecule has 0 saturated heterocycles. The fourth-order valence-electron chi connectivity index (χ4n) is 1.77. The summed E-state index contributed by atoms with van der Waals surface area (Å²) < 4.78 is 17.2. The molecule has 0 aliphatic rings. The first-order valence-electron chi connectivity index (χ1n) is 6.83. The molecular formula is C14H16FN5O3. The van der Waals surface area contributed by atoms with Gasteiger partial charge in [-0.3, -0.25) is 10.1 Å². The summed E-state index contributed by atoms with van der Waals surface area (Å²) in [5.41, 5.74) is 0.925. The zero-order chi connectivity index (χ0) is 16.7. The summed E-state index contributed by atoms with van der Waals surface area (Å²) in [5.74, 6) is -0.373. The summed E-state index contributed by atoms with van der Waals surface area (Å²) in [6, 6.07) is 6.09. The number of rotatable bonds is 6. The standard InChI is InChI=1S/C14H16FN5O3/c1-23-14(22)18-12-8-17-20(19-12)9-13(21)16-7-6-10-2-4-11(15)5-3-10/h2-5,8H,6-7,9H2,1H3,(H,16,21)(H,18,19,22). The van der Waals surface area contributed by atoms with Gasteiger partial charge in [0.05, 0.1) is 13.3 Å². The molecule has 0 unspecified atom stereocenters. The molecule has 2 rings (SSSR count). The Morgan fingerprint density at radius 2 is 2.04 bits per heavy atom. The van der Waals surface area contributed by atoms with Gasteiger partial charge in [-0.1, -0.05) is 12.1 Å². The number of ether oxygens (including phenoxy) is 1. The Bertz CT molecular complexity index is 671. The van der Waals surface area contributed by atoms with Crippen LogP contribution in [0.15, 0.2) is 30.5 Å². The molecule has 1 aromatic heterocycles. The number of hydrogen-bond donors (Lipinski definition) is 2. The van der Waals surface area contributed by atoms with E-state index in [1.165, 1.54) is 25.4 Å². The number of nitrogens with zero attached hydrogens (tertiary/aromatic N) is 3. The summed E-state index contributed by atoms with van der Waals surface area (Å²) in [6.45, 7) is 0.339. The van der Waals surface area contributed by atoms with Crippen LogP contribution in [0.5, 0.6) is 0 Å². The van der Waals surface area contributed by atoms with E-state index >= 15 is 0 Å². The number of halogens is 1. The minimum Gasteiger partial charge on any atom is -0.453 e. The third-order valence-corrected chi connectivity index (χ3v) is 2.89. The lowest BCUT2D eigenvalue weighted by Crippen LogP contribution is -2.30. The summed E-state index contributed by atoms with van der Waals surface area (Å²) in [5, 5.41) is 12.8. The maximum atomic E-state index is 12.8. The molecule has 1 heterocycles. The molecule has 9 heteroatoms. The minimum absolute atomic E-state index is 0.0771. The van der Waals surface area contributed by atoms with Crippen LogP contribution in [0.25, 0.3) is 0 Å². The Kier molecular flexibility index (Phi) is 5.61.